The molecule has 95 valence electrons. The SMILES string of the molecule is O=S(=O)(c1ccc(Cl)cc1)n1c[c]c2ccccc21. The second-order valence-electron chi connectivity index (χ2n) is 4.05. The molecule has 0 spiro atoms. The van der Waals surface area contributed by atoms with Crippen LogP contribution in [0.4, 0.5) is 0 Å². The van der Waals surface area contributed by atoms with Gasteiger partial charge in [-0.05, 0) is 30.3 Å². The van der Waals surface area contributed by atoms with E-state index in [-0.39, 0.29) is 4.90 Å². The Kier molecular flexibility index (Phi) is 2.84. The molecule has 3 nitrogen and oxygen atoms in total. The van der Waals surface area contributed by atoms with Crippen LogP contribution in [0.5, 0.6) is 0 Å². The van der Waals surface area contributed by atoms with Gasteiger partial charge >= 0.3 is 0 Å². The summed E-state index contributed by atoms with van der Waals surface area (Å²) in [6.07, 6.45) is 1.44. The van der Waals surface area contributed by atoms with Crippen molar-refractivity contribution in [2.75, 3.05) is 0 Å². The highest BCUT2D eigenvalue weighted by atomic mass is 35.5. The zero-order valence-corrected chi connectivity index (χ0v) is 11.3. The molecule has 0 aliphatic heterocycles. The Morgan fingerprint density at radius 3 is 2.42 bits per heavy atom. The van der Waals surface area contributed by atoms with Crippen LogP contribution < -0.4 is 0 Å². The van der Waals surface area contributed by atoms with Crippen LogP contribution in [-0.4, -0.2) is 12.4 Å². The zero-order valence-electron chi connectivity index (χ0n) is 9.75. The number of hydrogen-bond donors (Lipinski definition) is 0. The predicted molar refractivity (Wildman–Crippen MR) is 74.8 cm³/mol. The molecule has 3 aromatic rings. The van der Waals surface area contributed by atoms with E-state index in [1.54, 1.807) is 24.3 Å². The number of fused-ring (bicyclic) bond motifs is 1. The third kappa shape index (κ3) is 2.03. The van der Waals surface area contributed by atoms with E-state index in [2.05, 4.69) is 6.07 Å². The molecule has 0 aliphatic rings. The van der Waals surface area contributed by atoms with E-state index >= 15 is 0 Å². The molecule has 1 aromatic heterocycles. The topological polar surface area (TPSA) is 39.1 Å². The fraction of sp³-hybridized carbons (Fsp3) is 0. The fourth-order valence-corrected chi connectivity index (χ4v) is 3.35. The van der Waals surface area contributed by atoms with Crippen molar-refractivity contribution in [3.63, 3.8) is 0 Å². The van der Waals surface area contributed by atoms with Gasteiger partial charge in [0.25, 0.3) is 10.0 Å². The Bertz CT molecular complexity index is 835. The van der Waals surface area contributed by atoms with Crippen LogP contribution in [-0.2, 0) is 10.0 Å². The monoisotopic (exact) mass is 290 g/mol. The summed E-state index contributed by atoms with van der Waals surface area (Å²) in [5.41, 5.74) is 0.609. The van der Waals surface area contributed by atoms with E-state index in [0.717, 1.165) is 5.39 Å². The maximum Gasteiger partial charge on any atom is 0.268 e. The van der Waals surface area contributed by atoms with Crippen molar-refractivity contribution in [2.45, 2.75) is 4.90 Å². The maximum atomic E-state index is 12.5. The minimum atomic E-state index is -3.61. The van der Waals surface area contributed by atoms with E-state index in [4.69, 9.17) is 11.6 Å². The standard InChI is InChI=1S/C14H9ClNO2S/c15-12-5-7-13(8-6-12)19(17,18)16-10-9-11-3-1-2-4-14(11)16/h1-8,10H. The largest absolute Gasteiger partial charge is 0.268 e. The van der Waals surface area contributed by atoms with Crippen molar-refractivity contribution in [3.8, 4) is 0 Å². The summed E-state index contributed by atoms with van der Waals surface area (Å²) in [7, 11) is -3.61. The first-order chi connectivity index (χ1) is 9.09. The van der Waals surface area contributed by atoms with Crippen molar-refractivity contribution >= 4 is 32.5 Å². The summed E-state index contributed by atoms with van der Waals surface area (Å²) in [5.74, 6) is 0. The van der Waals surface area contributed by atoms with Crippen LogP contribution in [0, 0.1) is 6.07 Å². The Morgan fingerprint density at radius 1 is 1.00 bits per heavy atom. The predicted octanol–water partition coefficient (Wildman–Crippen LogP) is 3.33. The summed E-state index contributed by atoms with van der Waals surface area (Å²) in [5, 5.41) is 1.27. The summed E-state index contributed by atoms with van der Waals surface area (Å²) in [6, 6.07) is 16.2. The van der Waals surface area contributed by atoms with Crippen molar-refractivity contribution in [3.05, 3.63) is 65.8 Å². The lowest BCUT2D eigenvalue weighted by Crippen LogP contribution is -2.11. The van der Waals surface area contributed by atoms with E-state index in [1.165, 1.54) is 22.3 Å². The first kappa shape index (κ1) is 12.3. The van der Waals surface area contributed by atoms with E-state index in [9.17, 15) is 8.42 Å². The maximum absolute atomic E-state index is 12.5. The summed E-state index contributed by atoms with van der Waals surface area (Å²) < 4.78 is 26.3. The van der Waals surface area contributed by atoms with Crippen molar-refractivity contribution in [1.29, 1.82) is 0 Å². The molecule has 0 N–H and O–H groups in total. The number of para-hydroxylation sites is 1. The third-order valence-electron chi connectivity index (χ3n) is 2.85. The normalized spacial score (nSPS) is 11.8. The van der Waals surface area contributed by atoms with Crippen LogP contribution in [0.25, 0.3) is 10.9 Å². The lowest BCUT2D eigenvalue weighted by Gasteiger charge is -2.07. The first-order valence-corrected chi connectivity index (χ1v) is 7.40. The number of aromatic nitrogens is 1. The molecule has 2 aromatic carbocycles. The van der Waals surface area contributed by atoms with Gasteiger partial charge in [0.05, 0.1) is 10.4 Å². The zero-order chi connectivity index (χ0) is 13.5. The Labute approximate surface area is 116 Å². The van der Waals surface area contributed by atoms with Gasteiger partial charge in [-0.1, -0.05) is 29.8 Å². The Balaban J connectivity index is 2.22. The second-order valence-corrected chi connectivity index (χ2v) is 6.30. The van der Waals surface area contributed by atoms with Gasteiger partial charge in [-0.3, -0.25) is 0 Å². The highest BCUT2D eigenvalue weighted by Crippen LogP contribution is 2.22. The van der Waals surface area contributed by atoms with Crippen LogP contribution in [0.3, 0.4) is 0 Å². The molecule has 0 bridgehead atoms. The van der Waals surface area contributed by atoms with Gasteiger partial charge in [-0.25, -0.2) is 12.4 Å². The third-order valence-corrected chi connectivity index (χ3v) is 4.79. The Hall–Kier alpha value is -1.78. The molecule has 1 radical (unpaired) electrons. The van der Waals surface area contributed by atoms with Gasteiger partial charge in [0.1, 0.15) is 0 Å². The van der Waals surface area contributed by atoms with E-state index in [1.807, 2.05) is 12.1 Å². The van der Waals surface area contributed by atoms with Gasteiger partial charge in [0.2, 0.25) is 0 Å². The summed E-state index contributed by atoms with van der Waals surface area (Å²) >= 11 is 5.77. The van der Waals surface area contributed by atoms with Gasteiger partial charge in [-0.15, -0.1) is 0 Å². The average Bonchev–Trinajstić information content (AvgIpc) is 2.83. The molecule has 5 heteroatoms. The minimum absolute atomic E-state index is 0.201. The van der Waals surface area contributed by atoms with Crippen molar-refractivity contribution in [2.24, 2.45) is 0 Å². The lowest BCUT2D eigenvalue weighted by molar-refractivity contribution is 0.589. The van der Waals surface area contributed by atoms with Gasteiger partial charge in [0, 0.05) is 22.7 Å². The van der Waals surface area contributed by atoms with Crippen LogP contribution in [0.2, 0.25) is 5.02 Å². The molecule has 1 heterocycles. The molecular weight excluding hydrogens is 282 g/mol. The molecule has 0 unspecified atom stereocenters. The van der Waals surface area contributed by atoms with E-state index in [0.29, 0.717) is 10.5 Å². The van der Waals surface area contributed by atoms with Crippen molar-refractivity contribution in [1.82, 2.24) is 3.97 Å². The first-order valence-electron chi connectivity index (χ1n) is 5.58. The van der Waals surface area contributed by atoms with Crippen molar-refractivity contribution < 1.29 is 8.42 Å². The Morgan fingerprint density at radius 2 is 1.68 bits per heavy atom. The van der Waals surface area contributed by atoms with Crippen LogP contribution >= 0.6 is 11.6 Å². The molecule has 0 saturated heterocycles. The molecule has 3 rings (SSSR count). The highest BCUT2D eigenvalue weighted by molar-refractivity contribution is 7.90. The smallest absolute Gasteiger partial charge is 0.241 e. The molecule has 0 atom stereocenters. The molecule has 0 aliphatic carbocycles. The highest BCUT2D eigenvalue weighted by Gasteiger charge is 2.18. The molecule has 0 fully saturated rings. The molecule has 19 heavy (non-hydrogen) atoms. The van der Waals surface area contributed by atoms with E-state index < -0.39 is 10.0 Å². The van der Waals surface area contributed by atoms with Gasteiger partial charge < -0.3 is 0 Å². The number of halogens is 1. The van der Waals surface area contributed by atoms with Crippen LogP contribution in [0.1, 0.15) is 0 Å². The average molecular weight is 291 g/mol. The fourth-order valence-electron chi connectivity index (χ4n) is 1.90. The quantitative estimate of drug-likeness (QED) is 0.726. The molecule has 0 amide bonds. The lowest BCUT2D eigenvalue weighted by atomic mass is 10.3. The molecule has 0 saturated carbocycles. The molecular formula is C14H9ClNO2S. The van der Waals surface area contributed by atoms with Crippen LogP contribution in [0.15, 0.2) is 59.6 Å². The number of benzene rings is 2. The second kappa shape index (κ2) is 4.40. The van der Waals surface area contributed by atoms with Gasteiger partial charge in [-0.2, -0.15) is 0 Å². The summed E-state index contributed by atoms with van der Waals surface area (Å²) in [4.78, 5) is 0.201. The number of hydrogen-bond acceptors (Lipinski definition) is 2. The number of rotatable bonds is 2. The summed E-state index contributed by atoms with van der Waals surface area (Å²) in [6.45, 7) is 0. The number of nitrogens with zero attached hydrogens (tertiary/aromatic N) is 1. The minimum Gasteiger partial charge on any atom is -0.241 e. The van der Waals surface area contributed by atoms with Gasteiger partial charge in [0.15, 0.2) is 0 Å².